The van der Waals surface area contributed by atoms with Gasteiger partial charge in [-0.15, -0.1) is 6.42 Å². The average molecular weight is 613 g/mol. The fourth-order valence-corrected chi connectivity index (χ4v) is 7.12. The fourth-order valence-electron chi connectivity index (χ4n) is 4.93. The summed E-state index contributed by atoms with van der Waals surface area (Å²) < 4.78 is 53.1. The number of rotatable bonds is 3. The van der Waals surface area contributed by atoms with E-state index in [9.17, 15) is 22.4 Å². The molecule has 3 aliphatic heterocycles. The summed E-state index contributed by atoms with van der Waals surface area (Å²) in [7, 11) is -3.75. The third-order valence-electron chi connectivity index (χ3n) is 6.76. The first kappa shape index (κ1) is 29.3. The van der Waals surface area contributed by atoms with Gasteiger partial charge in [0.05, 0.1) is 23.5 Å². The van der Waals surface area contributed by atoms with Gasteiger partial charge in [0.1, 0.15) is 17.3 Å². The van der Waals surface area contributed by atoms with E-state index >= 15 is 0 Å². The lowest BCUT2D eigenvalue weighted by atomic mass is 9.92. The van der Waals surface area contributed by atoms with E-state index in [2.05, 4.69) is 33.9 Å². The van der Waals surface area contributed by atoms with Gasteiger partial charge in [0.15, 0.2) is 12.4 Å². The highest BCUT2D eigenvalue weighted by molar-refractivity contribution is 7.91. The van der Waals surface area contributed by atoms with Crippen molar-refractivity contribution >= 4 is 50.6 Å². The molecular formula is C28H29FN6O5S2. The van der Waals surface area contributed by atoms with Crippen LogP contribution in [-0.2, 0) is 28.0 Å². The molecule has 0 bridgehead atoms. The second-order valence-corrected chi connectivity index (χ2v) is 13.3. The number of terminal acetylenes is 1. The number of carbonyl (C=O) groups is 2. The Hall–Kier alpha value is -4.22. The molecule has 3 aromatic rings. The van der Waals surface area contributed by atoms with E-state index in [0.29, 0.717) is 27.5 Å². The zero-order valence-electron chi connectivity index (χ0n) is 23.4. The number of benzene rings is 2. The van der Waals surface area contributed by atoms with Crippen LogP contribution in [-0.4, -0.2) is 52.7 Å². The Morgan fingerprint density at radius 2 is 2.00 bits per heavy atom. The average Bonchev–Trinajstić information content (AvgIpc) is 3.41. The molecule has 6 rings (SSSR count). The number of ether oxygens (including phenoxy) is 1. The Morgan fingerprint density at radius 3 is 2.71 bits per heavy atom. The summed E-state index contributed by atoms with van der Waals surface area (Å²) in [5.41, 5.74) is 1.40. The van der Waals surface area contributed by atoms with Gasteiger partial charge in [0.2, 0.25) is 4.80 Å². The van der Waals surface area contributed by atoms with E-state index in [0.717, 1.165) is 23.1 Å². The predicted octanol–water partition coefficient (Wildman–Crippen LogP) is 3.46. The minimum Gasteiger partial charge on any atom is -0.481 e. The van der Waals surface area contributed by atoms with Gasteiger partial charge in [0, 0.05) is 36.6 Å². The maximum Gasteiger partial charge on any atom is 0.326 e. The number of para-hydroxylation sites is 1. The first-order valence-electron chi connectivity index (χ1n) is 13.1. The third kappa shape index (κ3) is 5.49. The Labute approximate surface area is 247 Å². The summed E-state index contributed by atoms with van der Waals surface area (Å²) in [6.45, 7) is 8.37. The van der Waals surface area contributed by atoms with Crippen LogP contribution in [0.1, 0.15) is 43.9 Å². The second-order valence-electron chi connectivity index (χ2n) is 11.0. The minimum absolute atomic E-state index is 0.0964. The molecule has 2 amide bonds. The predicted molar refractivity (Wildman–Crippen MR) is 156 cm³/mol. The molecule has 1 aromatic heterocycles. The van der Waals surface area contributed by atoms with Crippen LogP contribution < -0.4 is 19.2 Å². The van der Waals surface area contributed by atoms with E-state index in [-0.39, 0.29) is 30.2 Å². The van der Waals surface area contributed by atoms with Gasteiger partial charge < -0.3 is 9.30 Å². The molecule has 220 valence electrons. The first-order chi connectivity index (χ1) is 19.8. The molecule has 11 nitrogen and oxygen atoms in total. The number of halogens is 1. The van der Waals surface area contributed by atoms with Gasteiger partial charge >= 0.3 is 10.2 Å². The number of nitrogens with one attached hydrogen (secondary N) is 1. The van der Waals surface area contributed by atoms with Crippen molar-refractivity contribution in [3.05, 3.63) is 58.4 Å². The van der Waals surface area contributed by atoms with Crippen molar-refractivity contribution in [3.8, 4) is 18.1 Å². The van der Waals surface area contributed by atoms with Crippen molar-refractivity contribution < 1.29 is 27.1 Å². The topological polar surface area (TPSA) is 126 Å². The quantitative estimate of drug-likeness (QED) is 0.452. The van der Waals surface area contributed by atoms with Crippen molar-refractivity contribution in [3.63, 3.8) is 0 Å². The van der Waals surface area contributed by atoms with Crippen molar-refractivity contribution in [1.29, 1.82) is 0 Å². The van der Waals surface area contributed by atoms with E-state index in [4.69, 9.17) is 11.2 Å². The molecule has 1 N–H and O–H groups in total. The molecular weight excluding hydrogens is 583 g/mol. The maximum atomic E-state index is 14.5. The van der Waals surface area contributed by atoms with Crippen LogP contribution in [0, 0.1) is 23.6 Å². The SMILES string of the molecule is C#CCN1C(=O)COc2cc(F)c(/N=c3\snc4n3CC(C)(C)C4)cc21.CC(C)N1C(=O)c2ccccc2NS1(=O)=O. The van der Waals surface area contributed by atoms with Crippen LogP contribution in [0.2, 0.25) is 0 Å². The van der Waals surface area contributed by atoms with E-state index < -0.39 is 28.0 Å². The summed E-state index contributed by atoms with van der Waals surface area (Å²) in [6, 6.07) is 8.91. The van der Waals surface area contributed by atoms with Crippen LogP contribution in [0.15, 0.2) is 41.4 Å². The number of fused-ring (bicyclic) bond motifs is 3. The standard InChI is InChI=1S/C18H17FN4O2S.C10H12N2O3S/c1-4-5-22-13-7-12(11(19)6-14(13)25-9-16(22)24)20-17-23-10-18(2,3)8-15(23)21-26-17;1-7(2)12-10(13)8-5-3-4-6-9(8)11-16(12,14)15/h1,6-7H,5,8-10H2,2-3H3;3-7,11H,1-2H3/b20-17-;. The number of anilines is 2. The number of carbonyl (C=O) groups excluding carboxylic acids is 2. The number of nitrogens with zero attached hydrogens (tertiary/aromatic N) is 5. The Kier molecular flexibility index (Phi) is 7.59. The molecule has 2 aromatic carbocycles. The van der Waals surface area contributed by atoms with E-state index in [1.807, 2.05) is 4.57 Å². The highest BCUT2D eigenvalue weighted by atomic mass is 32.2. The zero-order chi connectivity index (χ0) is 30.4. The molecule has 0 spiro atoms. The smallest absolute Gasteiger partial charge is 0.326 e. The summed E-state index contributed by atoms with van der Waals surface area (Å²) in [6.07, 6.45) is 6.22. The lowest BCUT2D eigenvalue weighted by Gasteiger charge is -2.31. The van der Waals surface area contributed by atoms with Crippen molar-refractivity contribution in [2.75, 3.05) is 22.8 Å². The Bertz CT molecular complexity index is 1810. The van der Waals surface area contributed by atoms with Gasteiger partial charge in [-0.25, -0.2) is 13.7 Å². The Balaban J connectivity index is 0.000000189. The monoisotopic (exact) mass is 612 g/mol. The molecule has 0 fully saturated rings. The molecule has 0 atom stereocenters. The number of hydrogen-bond donors (Lipinski definition) is 1. The van der Waals surface area contributed by atoms with E-state index in [1.165, 1.54) is 28.6 Å². The molecule has 0 aliphatic carbocycles. The van der Waals surface area contributed by atoms with Gasteiger partial charge in [-0.1, -0.05) is 31.9 Å². The van der Waals surface area contributed by atoms with Crippen molar-refractivity contribution in [2.24, 2.45) is 10.4 Å². The molecule has 42 heavy (non-hydrogen) atoms. The number of aromatic nitrogens is 2. The molecule has 3 aliphatic rings. The van der Waals surface area contributed by atoms with Crippen LogP contribution in [0.25, 0.3) is 0 Å². The van der Waals surface area contributed by atoms with Crippen LogP contribution >= 0.6 is 11.5 Å². The highest BCUT2D eigenvalue weighted by Gasteiger charge is 2.37. The van der Waals surface area contributed by atoms with E-state index in [1.54, 1.807) is 38.1 Å². The van der Waals surface area contributed by atoms with Crippen molar-refractivity contribution in [1.82, 2.24) is 13.2 Å². The van der Waals surface area contributed by atoms with Gasteiger partial charge in [-0.05, 0) is 37.5 Å². The van der Waals surface area contributed by atoms with Gasteiger partial charge in [-0.2, -0.15) is 12.8 Å². The minimum atomic E-state index is -3.75. The van der Waals surface area contributed by atoms with Gasteiger partial charge in [-0.3, -0.25) is 19.2 Å². The summed E-state index contributed by atoms with van der Waals surface area (Å²) >= 11 is 1.24. The molecule has 0 radical (unpaired) electrons. The third-order valence-corrected chi connectivity index (χ3v) is 9.12. The lowest BCUT2D eigenvalue weighted by molar-refractivity contribution is -0.121. The second kappa shape index (κ2) is 10.9. The summed E-state index contributed by atoms with van der Waals surface area (Å²) in [5, 5.41) is 0. The molecule has 0 saturated heterocycles. The Morgan fingerprint density at radius 1 is 1.26 bits per heavy atom. The fraction of sp³-hybridized carbons (Fsp3) is 0.357. The van der Waals surface area contributed by atoms with Gasteiger partial charge in [0.25, 0.3) is 11.8 Å². The highest BCUT2D eigenvalue weighted by Crippen LogP contribution is 2.37. The van der Waals surface area contributed by atoms with Crippen LogP contribution in [0.3, 0.4) is 0 Å². The van der Waals surface area contributed by atoms with Crippen molar-refractivity contribution in [2.45, 2.75) is 46.7 Å². The van der Waals surface area contributed by atoms with Crippen LogP contribution in [0.4, 0.5) is 21.5 Å². The molecule has 0 saturated carbocycles. The largest absolute Gasteiger partial charge is 0.481 e. The first-order valence-corrected chi connectivity index (χ1v) is 15.3. The molecule has 4 heterocycles. The number of hydrogen-bond acceptors (Lipinski definition) is 8. The molecule has 0 unspecified atom stereocenters. The van der Waals surface area contributed by atoms with Crippen LogP contribution in [0.5, 0.6) is 5.75 Å². The zero-order valence-corrected chi connectivity index (χ0v) is 25.1. The molecule has 14 heteroatoms. The number of amides is 2. The summed E-state index contributed by atoms with van der Waals surface area (Å²) in [5.74, 6) is 2.44. The summed E-state index contributed by atoms with van der Waals surface area (Å²) in [4.78, 5) is 30.5. The normalized spacial score (nSPS) is 18.3. The lowest BCUT2D eigenvalue weighted by Crippen LogP contribution is -2.48. The maximum absolute atomic E-state index is 14.5.